The Bertz CT molecular complexity index is 566. The Morgan fingerprint density at radius 1 is 1.21 bits per heavy atom. The van der Waals surface area contributed by atoms with Crippen LogP contribution in [0, 0.1) is 3.77 Å². The Morgan fingerprint density at radius 2 is 2.07 bits per heavy atom. The van der Waals surface area contributed by atoms with Crippen LogP contribution in [0.2, 0.25) is 0 Å². The van der Waals surface area contributed by atoms with E-state index in [2.05, 4.69) is 38.2 Å². The van der Waals surface area contributed by atoms with E-state index >= 15 is 0 Å². The smallest absolute Gasteiger partial charge is 0.167 e. The highest BCUT2D eigenvalue weighted by atomic mass is 127. The Kier molecular flexibility index (Phi) is 2.09. The van der Waals surface area contributed by atoms with E-state index in [9.17, 15) is 0 Å². The fourth-order valence-electron chi connectivity index (χ4n) is 1.54. The Labute approximate surface area is 99.7 Å². The molecule has 0 spiro atoms. The first-order chi connectivity index (χ1) is 6.86. The van der Waals surface area contributed by atoms with Crippen molar-refractivity contribution in [3.63, 3.8) is 0 Å². The van der Waals surface area contributed by atoms with Gasteiger partial charge in [0.15, 0.2) is 3.77 Å². The van der Waals surface area contributed by atoms with Gasteiger partial charge in [0.1, 0.15) is 5.58 Å². The van der Waals surface area contributed by atoms with E-state index in [4.69, 9.17) is 4.42 Å². The number of hydrogen-bond donors (Lipinski definition) is 0. The summed E-state index contributed by atoms with van der Waals surface area (Å²) in [4.78, 5) is 0. The molecule has 70 valence electrons. The quantitative estimate of drug-likeness (QED) is 0.644. The molecular weight excluding hydrogens is 355 g/mol. The summed E-state index contributed by atoms with van der Waals surface area (Å²) in [5, 5.41) is 1.22. The zero-order valence-corrected chi connectivity index (χ0v) is 10.9. The van der Waals surface area contributed by atoms with Gasteiger partial charge in [-0.25, -0.2) is 0 Å². The molecule has 0 atom stereocenters. The Morgan fingerprint density at radius 3 is 3.00 bits per heavy atom. The number of fused-ring (bicyclic) bond motifs is 3. The summed E-state index contributed by atoms with van der Waals surface area (Å²) in [5.41, 5.74) is 2.26. The van der Waals surface area contributed by atoms with Crippen molar-refractivity contribution >= 4 is 56.1 Å². The van der Waals surface area contributed by atoms with Crippen LogP contribution in [0.1, 0.15) is 5.56 Å². The van der Waals surface area contributed by atoms with Crippen LogP contribution in [-0.2, 0) is 0 Å². The fourth-order valence-corrected chi connectivity index (χ4v) is 5.06. The molecule has 14 heavy (non-hydrogen) atoms. The van der Waals surface area contributed by atoms with E-state index in [0.717, 1.165) is 10.1 Å². The van der Waals surface area contributed by atoms with Crippen LogP contribution < -0.4 is 0 Å². The monoisotopic (exact) mass is 360 g/mol. The molecule has 1 nitrogen and oxygen atoms in total. The van der Waals surface area contributed by atoms with Crippen LogP contribution in [-0.4, -0.2) is 4.01 Å². The van der Waals surface area contributed by atoms with E-state index < -0.39 is 0 Å². The molecule has 1 aromatic heterocycles. The molecule has 0 bridgehead atoms. The third-order valence-electron chi connectivity index (χ3n) is 2.16. The van der Waals surface area contributed by atoms with Crippen molar-refractivity contribution in [2.75, 3.05) is 0 Å². The maximum atomic E-state index is 5.81. The fraction of sp³-hybridized carbons (Fsp3) is 0. The zero-order chi connectivity index (χ0) is 9.54. The molecule has 3 heteroatoms. The van der Waals surface area contributed by atoms with Gasteiger partial charge in [0, 0.05) is 15.4 Å². The van der Waals surface area contributed by atoms with E-state index in [0.29, 0.717) is 0 Å². The van der Waals surface area contributed by atoms with Crippen LogP contribution >= 0.6 is 36.7 Å². The van der Waals surface area contributed by atoms with E-state index in [-0.39, 0.29) is 20.7 Å². The molecular formula is C11H6BrIO. The first kappa shape index (κ1) is 8.85. The standard InChI is InChI=1S/C11H6BrIO/c12-8-5-6-13-11-10(8)7-3-1-2-4-9(7)14-11/h1-6H. The third-order valence-corrected chi connectivity index (χ3v) is 4.87. The molecule has 0 radical (unpaired) electrons. The lowest BCUT2D eigenvalue weighted by Crippen LogP contribution is -1.82. The highest BCUT2D eigenvalue weighted by molar-refractivity contribution is 14.2. The van der Waals surface area contributed by atoms with Gasteiger partial charge in [-0.05, 0) is 52.8 Å². The van der Waals surface area contributed by atoms with Gasteiger partial charge in [-0.2, -0.15) is 0 Å². The van der Waals surface area contributed by atoms with Gasteiger partial charge in [0.2, 0.25) is 0 Å². The molecule has 0 fully saturated rings. The minimum absolute atomic E-state index is 0.0784. The van der Waals surface area contributed by atoms with E-state index in [1.54, 1.807) is 0 Å². The largest absolute Gasteiger partial charge is 0.450 e. The molecule has 0 saturated heterocycles. The van der Waals surface area contributed by atoms with Crippen LogP contribution in [0.3, 0.4) is 0 Å². The Balaban J connectivity index is 2.48. The molecule has 0 amide bonds. The average Bonchev–Trinajstić information content (AvgIpc) is 2.57. The number of para-hydroxylation sites is 1. The first-order valence-electron chi connectivity index (χ1n) is 4.20. The molecule has 1 aromatic carbocycles. The summed E-state index contributed by atoms with van der Waals surface area (Å²) in [6.45, 7) is 0. The van der Waals surface area contributed by atoms with Crippen molar-refractivity contribution in [3.05, 3.63) is 39.7 Å². The summed E-state index contributed by atoms with van der Waals surface area (Å²) in [7, 11) is 0. The van der Waals surface area contributed by atoms with Crippen molar-refractivity contribution in [3.8, 4) is 0 Å². The van der Waals surface area contributed by atoms with Crippen molar-refractivity contribution in [1.29, 1.82) is 0 Å². The van der Waals surface area contributed by atoms with Gasteiger partial charge in [-0.3, -0.25) is 0 Å². The molecule has 0 unspecified atom stereocenters. The lowest BCUT2D eigenvalue weighted by atomic mass is 10.2. The summed E-state index contributed by atoms with van der Waals surface area (Å²) in [5.74, 6) is 0. The molecule has 0 N–H and O–H groups in total. The maximum Gasteiger partial charge on any atom is 0.167 e. The maximum absolute atomic E-state index is 5.81. The number of halogens is 2. The number of allylic oxidation sites excluding steroid dienone is 1. The van der Waals surface area contributed by atoms with E-state index in [1.165, 1.54) is 14.7 Å². The second-order valence-electron chi connectivity index (χ2n) is 3.00. The third kappa shape index (κ3) is 1.22. The second-order valence-corrected chi connectivity index (χ2v) is 6.17. The van der Waals surface area contributed by atoms with Gasteiger partial charge in [0.25, 0.3) is 0 Å². The van der Waals surface area contributed by atoms with Crippen LogP contribution in [0.4, 0.5) is 0 Å². The number of furan rings is 1. The van der Waals surface area contributed by atoms with Gasteiger partial charge in [0.05, 0.1) is 0 Å². The summed E-state index contributed by atoms with van der Waals surface area (Å²) in [6, 6.07) is 8.20. The minimum Gasteiger partial charge on any atom is -0.450 e. The zero-order valence-electron chi connectivity index (χ0n) is 7.13. The predicted molar refractivity (Wildman–Crippen MR) is 71.9 cm³/mol. The Hall–Kier alpha value is -0.420. The van der Waals surface area contributed by atoms with E-state index in [1.807, 2.05) is 12.1 Å². The number of rotatable bonds is 0. The summed E-state index contributed by atoms with van der Waals surface area (Å²) < 4.78 is 10.3. The van der Waals surface area contributed by atoms with Gasteiger partial charge < -0.3 is 4.42 Å². The number of benzene rings is 1. The normalized spacial score (nSPS) is 14.8. The van der Waals surface area contributed by atoms with Crippen LogP contribution in [0.15, 0.2) is 34.8 Å². The molecule has 1 aliphatic heterocycles. The van der Waals surface area contributed by atoms with Crippen LogP contribution in [0.5, 0.6) is 0 Å². The molecule has 1 aliphatic rings. The van der Waals surface area contributed by atoms with Crippen molar-refractivity contribution in [2.24, 2.45) is 0 Å². The SMILES string of the molecule is BrC1=CC=Ic2oc3ccccc3c21. The molecule has 0 aliphatic carbocycles. The highest BCUT2D eigenvalue weighted by Gasteiger charge is 2.16. The van der Waals surface area contributed by atoms with Crippen molar-refractivity contribution < 1.29 is 4.42 Å². The molecule has 0 saturated carbocycles. The van der Waals surface area contributed by atoms with Gasteiger partial charge >= 0.3 is 0 Å². The summed E-state index contributed by atoms with van der Waals surface area (Å²) in [6.07, 6.45) is 2.14. The molecule has 2 aromatic rings. The lowest BCUT2D eigenvalue weighted by molar-refractivity contribution is 0.583. The predicted octanol–water partition coefficient (Wildman–Crippen LogP) is 4.12. The van der Waals surface area contributed by atoms with Crippen LogP contribution in [0.25, 0.3) is 15.5 Å². The van der Waals surface area contributed by atoms with Crippen molar-refractivity contribution in [1.82, 2.24) is 0 Å². The lowest BCUT2D eigenvalue weighted by Gasteiger charge is -2.00. The average molecular weight is 361 g/mol. The second kappa shape index (κ2) is 3.31. The number of hydrogen-bond acceptors (Lipinski definition) is 1. The first-order valence-corrected chi connectivity index (χ1v) is 7.32. The van der Waals surface area contributed by atoms with Gasteiger partial charge in [-0.15, -0.1) is 0 Å². The summed E-state index contributed by atoms with van der Waals surface area (Å²) >= 11 is 3.50. The van der Waals surface area contributed by atoms with Gasteiger partial charge in [-0.1, -0.05) is 18.2 Å². The minimum atomic E-state index is -0.0784. The van der Waals surface area contributed by atoms with Crippen molar-refractivity contribution in [2.45, 2.75) is 0 Å². The molecule has 2 heterocycles. The molecule has 3 rings (SSSR count). The topological polar surface area (TPSA) is 13.1 Å². The highest BCUT2D eigenvalue weighted by Crippen LogP contribution is 2.38.